The van der Waals surface area contributed by atoms with Gasteiger partial charge in [-0.05, 0) is 60.9 Å². The molecule has 1 unspecified atom stereocenters. The van der Waals surface area contributed by atoms with E-state index in [0.717, 1.165) is 10.7 Å². The molecule has 44 heavy (non-hydrogen) atoms. The molecule has 0 saturated heterocycles. The molecule has 0 aliphatic carbocycles. The number of halogens is 4. The fraction of sp³-hybridized carbons (Fsp3) is 0.258. The third-order valence-electron chi connectivity index (χ3n) is 6.81. The standard InChI is InChI=1S/C31H28F4N6O3/c1-16(2)23-15-21(31(43)41(40-23)20-7-5-19(32)6-8-20)24(42)14-18-4-9-25(22(33)13-18)44-26-10-11-36-29-28(26)30(39-38-29)37-17(3)12-27(34)35/h4-11,13,15-17,27H,12,14H2,1-3H3,(H2,36,37,38,39). The Labute approximate surface area is 248 Å². The summed E-state index contributed by atoms with van der Waals surface area (Å²) < 4.78 is 61.2. The average molecular weight is 609 g/mol. The highest BCUT2D eigenvalue weighted by molar-refractivity contribution is 5.97. The number of hydrogen-bond donors (Lipinski definition) is 2. The monoisotopic (exact) mass is 608 g/mol. The Hall–Kier alpha value is -5.07. The minimum atomic E-state index is -2.51. The van der Waals surface area contributed by atoms with Crippen LogP contribution in [0.3, 0.4) is 0 Å². The van der Waals surface area contributed by atoms with Crippen molar-refractivity contribution in [3.8, 4) is 17.2 Å². The van der Waals surface area contributed by atoms with Crippen molar-refractivity contribution in [3.05, 3.63) is 99.6 Å². The van der Waals surface area contributed by atoms with E-state index < -0.39 is 41.9 Å². The normalized spacial score (nSPS) is 12.2. The van der Waals surface area contributed by atoms with E-state index in [4.69, 9.17) is 4.74 Å². The minimum Gasteiger partial charge on any atom is -0.453 e. The van der Waals surface area contributed by atoms with E-state index in [1.165, 1.54) is 54.7 Å². The molecule has 1 atom stereocenters. The van der Waals surface area contributed by atoms with Crippen molar-refractivity contribution in [2.24, 2.45) is 0 Å². The number of pyridine rings is 1. The molecule has 3 heterocycles. The van der Waals surface area contributed by atoms with E-state index in [9.17, 15) is 22.8 Å². The van der Waals surface area contributed by atoms with Gasteiger partial charge >= 0.3 is 0 Å². The van der Waals surface area contributed by atoms with Crippen LogP contribution in [0.2, 0.25) is 0 Å². The van der Waals surface area contributed by atoms with Crippen LogP contribution >= 0.6 is 0 Å². The van der Waals surface area contributed by atoms with Gasteiger partial charge in [0, 0.05) is 31.1 Å². The molecule has 0 saturated carbocycles. The second-order valence-electron chi connectivity index (χ2n) is 10.6. The van der Waals surface area contributed by atoms with Crippen LogP contribution in [0.1, 0.15) is 54.7 Å². The summed E-state index contributed by atoms with van der Waals surface area (Å²) in [4.78, 5) is 30.7. The average Bonchev–Trinajstić information content (AvgIpc) is 3.38. The van der Waals surface area contributed by atoms with Gasteiger partial charge < -0.3 is 10.1 Å². The Balaban J connectivity index is 1.39. The number of aromatic amines is 1. The number of nitrogens with one attached hydrogen (secondary N) is 2. The molecule has 0 spiro atoms. The molecule has 0 radical (unpaired) electrons. The Morgan fingerprint density at radius 1 is 1.02 bits per heavy atom. The van der Waals surface area contributed by atoms with Crippen LogP contribution in [0.25, 0.3) is 16.7 Å². The fourth-order valence-corrected chi connectivity index (χ4v) is 4.56. The number of carbonyl (C=O) groups is 1. The maximum atomic E-state index is 15.3. The number of benzene rings is 2. The summed E-state index contributed by atoms with van der Waals surface area (Å²) in [6.07, 6.45) is -1.78. The van der Waals surface area contributed by atoms with E-state index in [2.05, 4.69) is 25.6 Å². The zero-order valence-corrected chi connectivity index (χ0v) is 23.9. The van der Waals surface area contributed by atoms with Crippen LogP contribution in [0.4, 0.5) is 23.4 Å². The molecule has 5 rings (SSSR count). The predicted molar refractivity (Wildman–Crippen MR) is 156 cm³/mol. The van der Waals surface area contributed by atoms with Crippen LogP contribution < -0.4 is 15.6 Å². The Morgan fingerprint density at radius 3 is 2.45 bits per heavy atom. The van der Waals surface area contributed by atoms with Gasteiger partial charge in [-0.3, -0.25) is 14.7 Å². The number of rotatable bonds is 11. The number of ether oxygens (including phenoxy) is 1. The van der Waals surface area contributed by atoms with Gasteiger partial charge in [-0.25, -0.2) is 22.5 Å². The summed E-state index contributed by atoms with van der Waals surface area (Å²) >= 11 is 0. The van der Waals surface area contributed by atoms with E-state index >= 15 is 4.39 Å². The molecule has 0 bridgehead atoms. The third kappa shape index (κ3) is 6.61. The zero-order valence-electron chi connectivity index (χ0n) is 23.9. The van der Waals surface area contributed by atoms with Gasteiger partial charge in [-0.15, -0.1) is 0 Å². The van der Waals surface area contributed by atoms with Crippen molar-refractivity contribution >= 4 is 22.6 Å². The molecule has 0 fully saturated rings. The highest BCUT2D eigenvalue weighted by Crippen LogP contribution is 2.34. The minimum absolute atomic E-state index is 0.124. The summed E-state index contributed by atoms with van der Waals surface area (Å²) in [6, 6.07) is 11.4. The number of aromatic nitrogens is 5. The number of Topliss-reactive ketones (excluding diaryl/α,β-unsaturated/α-hetero) is 1. The number of nitrogens with zero attached hydrogens (tertiary/aromatic N) is 4. The van der Waals surface area contributed by atoms with Crippen LogP contribution in [-0.2, 0) is 6.42 Å². The van der Waals surface area contributed by atoms with Crippen molar-refractivity contribution < 1.29 is 27.1 Å². The van der Waals surface area contributed by atoms with E-state index in [-0.39, 0.29) is 35.2 Å². The van der Waals surface area contributed by atoms with Crippen molar-refractivity contribution in [1.82, 2.24) is 25.0 Å². The molecule has 228 valence electrons. The summed E-state index contributed by atoms with van der Waals surface area (Å²) in [5.41, 5.74) is 0.565. The SMILES string of the molecule is CC(CC(F)F)Nc1n[nH]c2nccc(Oc3ccc(CC(=O)c4cc(C(C)C)nn(-c5ccc(F)cc5)c4=O)cc3F)c12. The first-order valence-electron chi connectivity index (χ1n) is 13.8. The number of hydrogen-bond acceptors (Lipinski definition) is 7. The second-order valence-corrected chi connectivity index (χ2v) is 10.6. The van der Waals surface area contributed by atoms with Crippen LogP contribution in [0.5, 0.6) is 11.5 Å². The lowest BCUT2D eigenvalue weighted by Gasteiger charge is -2.14. The van der Waals surface area contributed by atoms with Gasteiger partial charge in [0.05, 0.1) is 16.9 Å². The highest BCUT2D eigenvalue weighted by Gasteiger charge is 2.21. The molecule has 3 aromatic heterocycles. The molecular weight excluding hydrogens is 580 g/mol. The lowest BCUT2D eigenvalue weighted by atomic mass is 10.0. The first-order chi connectivity index (χ1) is 21.0. The van der Waals surface area contributed by atoms with Crippen LogP contribution in [-0.4, -0.2) is 43.2 Å². The van der Waals surface area contributed by atoms with Crippen molar-refractivity contribution in [2.45, 2.75) is 52.0 Å². The zero-order chi connectivity index (χ0) is 31.5. The lowest BCUT2D eigenvalue weighted by Crippen LogP contribution is -2.29. The molecule has 0 aliphatic rings. The highest BCUT2D eigenvalue weighted by atomic mass is 19.3. The summed E-state index contributed by atoms with van der Waals surface area (Å²) in [5, 5.41) is 14.4. The van der Waals surface area contributed by atoms with Gasteiger partial charge in [0.25, 0.3) is 5.56 Å². The molecule has 0 aliphatic heterocycles. The first kappa shape index (κ1) is 30.4. The van der Waals surface area contributed by atoms with Gasteiger partial charge in [-0.2, -0.15) is 14.9 Å². The molecule has 9 nitrogen and oxygen atoms in total. The van der Waals surface area contributed by atoms with Gasteiger partial charge in [0.2, 0.25) is 6.43 Å². The van der Waals surface area contributed by atoms with Crippen molar-refractivity contribution in [1.29, 1.82) is 0 Å². The summed E-state index contributed by atoms with van der Waals surface area (Å²) in [6.45, 7) is 5.29. The largest absolute Gasteiger partial charge is 0.453 e. The predicted octanol–water partition coefficient (Wildman–Crippen LogP) is 6.58. The Kier molecular flexibility index (Phi) is 8.74. The maximum Gasteiger partial charge on any atom is 0.282 e. The van der Waals surface area contributed by atoms with E-state index in [1.54, 1.807) is 6.92 Å². The van der Waals surface area contributed by atoms with Gasteiger partial charge in [0.15, 0.2) is 28.8 Å². The van der Waals surface area contributed by atoms with E-state index in [1.807, 2.05) is 13.8 Å². The van der Waals surface area contributed by atoms with Crippen molar-refractivity contribution in [3.63, 3.8) is 0 Å². The number of H-pyrrole nitrogens is 1. The quantitative estimate of drug-likeness (QED) is 0.129. The van der Waals surface area contributed by atoms with Crippen molar-refractivity contribution in [2.75, 3.05) is 5.32 Å². The number of ketones is 1. The summed E-state index contributed by atoms with van der Waals surface area (Å²) in [5.74, 6) is -1.69. The number of carbonyl (C=O) groups excluding carboxylic acids is 1. The Bertz CT molecular complexity index is 1870. The number of fused-ring (bicyclic) bond motifs is 1. The molecule has 0 amide bonds. The van der Waals surface area contributed by atoms with Crippen LogP contribution in [0.15, 0.2) is 65.6 Å². The number of alkyl halides is 2. The van der Waals surface area contributed by atoms with Gasteiger partial charge in [-0.1, -0.05) is 19.9 Å². The molecule has 13 heteroatoms. The molecular formula is C31H28F4N6O3. The topological polar surface area (TPSA) is 115 Å². The van der Waals surface area contributed by atoms with E-state index in [0.29, 0.717) is 28.0 Å². The number of anilines is 1. The van der Waals surface area contributed by atoms with Crippen LogP contribution in [0, 0.1) is 11.6 Å². The molecule has 2 aromatic carbocycles. The second kappa shape index (κ2) is 12.7. The maximum absolute atomic E-state index is 15.3. The molecule has 5 aromatic rings. The molecule has 2 N–H and O–H groups in total. The smallest absolute Gasteiger partial charge is 0.282 e. The fourth-order valence-electron chi connectivity index (χ4n) is 4.56. The Morgan fingerprint density at radius 2 is 1.77 bits per heavy atom. The lowest BCUT2D eigenvalue weighted by molar-refractivity contribution is 0.0990. The third-order valence-corrected chi connectivity index (χ3v) is 6.81. The van der Waals surface area contributed by atoms with Gasteiger partial charge in [0.1, 0.15) is 17.0 Å². The first-order valence-corrected chi connectivity index (χ1v) is 13.8. The summed E-state index contributed by atoms with van der Waals surface area (Å²) in [7, 11) is 0.